The Kier molecular flexibility index (Phi) is 4.01. The number of hydrogen-bond donors (Lipinski definition) is 2. The van der Waals surface area contributed by atoms with E-state index in [0.29, 0.717) is 29.9 Å². The van der Waals surface area contributed by atoms with Gasteiger partial charge < -0.3 is 10.2 Å². The van der Waals surface area contributed by atoms with Crippen molar-refractivity contribution in [3.05, 3.63) is 35.8 Å². The minimum atomic E-state index is -0.355. The molecule has 6 heteroatoms. The van der Waals surface area contributed by atoms with Crippen LogP contribution >= 0.6 is 0 Å². The molecule has 0 radical (unpaired) electrons. The summed E-state index contributed by atoms with van der Waals surface area (Å²) >= 11 is 0. The Bertz CT molecular complexity index is 528. The fourth-order valence-corrected chi connectivity index (χ4v) is 1.78. The molecule has 0 unspecified atom stereocenters. The average Bonchev–Trinajstić information content (AvgIpc) is 2.79. The van der Waals surface area contributed by atoms with Gasteiger partial charge in [-0.15, -0.1) is 5.10 Å². The highest BCUT2D eigenvalue weighted by Crippen LogP contribution is 2.23. The Morgan fingerprint density at radius 3 is 2.78 bits per heavy atom. The molecule has 0 saturated heterocycles. The van der Waals surface area contributed by atoms with Crippen molar-refractivity contribution in [3.8, 4) is 11.3 Å². The number of aromatic nitrogens is 3. The van der Waals surface area contributed by atoms with Gasteiger partial charge in [0.25, 0.3) is 0 Å². The van der Waals surface area contributed by atoms with E-state index in [0.717, 1.165) is 0 Å². The number of aliphatic hydroxyl groups excluding tert-OH is 2. The second-order valence-corrected chi connectivity index (χ2v) is 3.85. The summed E-state index contributed by atoms with van der Waals surface area (Å²) < 4.78 is 14.8. The molecule has 0 aliphatic carbocycles. The van der Waals surface area contributed by atoms with Crippen LogP contribution in [0.1, 0.15) is 12.1 Å². The van der Waals surface area contributed by atoms with E-state index in [9.17, 15) is 9.50 Å². The second-order valence-electron chi connectivity index (χ2n) is 3.85. The number of nitrogens with zero attached hydrogens (tertiary/aromatic N) is 3. The van der Waals surface area contributed by atoms with Crippen molar-refractivity contribution < 1.29 is 14.6 Å². The van der Waals surface area contributed by atoms with Gasteiger partial charge in [0.15, 0.2) is 0 Å². The summed E-state index contributed by atoms with van der Waals surface area (Å²) in [7, 11) is 0. The van der Waals surface area contributed by atoms with Gasteiger partial charge in [0.05, 0.1) is 12.3 Å². The lowest BCUT2D eigenvalue weighted by Crippen LogP contribution is -2.05. The SMILES string of the molecule is OCCCn1nnc(CO)c1-c1cccc(F)c1. The monoisotopic (exact) mass is 251 g/mol. The van der Waals surface area contributed by atoms with E-state index in [-0.39, 0.29) is 19.0 Å². The van der Waals surface area contributed by atoms with Gasteiger partial charge in [-0.2, -0.15) is 0 Å². The summed E-state index contributed by atoms with van der Waals surface area (Å²) in [6.07, 6.45) is 0.524. The molecule has 0 aliphatic rings. The van der Waals surface area contributed by atoms with Crippen LogP contribution in [0.2, 0.25) is 0 Å². The van der Waals surface area contributed by atoms with Crippen LogP contribution in [0.4, 0.5) is 4.39 Å². The van der Waals surface area contributed by atoms with Crippen LogP contribution in [-0.4, -0.2) is 31.8 Å². The summed E-state index contributed by atoms with van der Waals surface area (Å²) in [5, 5.41) is 25.8. The fraction of sp³-hybridized carbons (Fsp3) is 0.333. The van der Waals surface area contributed by atoms with Crippen molar-refractivity contribution in [2.75, 3.05) is 6.61 Å². The van der Waals surface area contributed by atoms with Crippen molar-refractivity contribution in [2.45, 2.75) is 19.6 Å². The van der Waals surface area contributed by atoms with Gasteiger partial charge in [0.1, 0.15) is 11.5 Å². The van der Waals surface area contributed by atoms with Crippen LogP contribution in [-0.2, 0) is 13.2 Å². The lowest BCUT2D eigenvalue weighted by molar-refractivity contribution is 0.276. The molecule has 0 spiro atoms. The first-order valence-electron chi connectivity index (χ1n) is 5.66. The van der Waals surface area contributed by atoms with Crippen molar-refractivity contribution in [3.63, 3.8) is 0 Å². The van der Waals surface area contributed by atoms with Crippen molar-refractivity contribution in [1.82, 2.24) is 15.0 Å². The zero-order valence-electron chi connectivity index (χ0n) is 9.75. The first-order chi connectivity index (χ1) is 8.76. The molecule has 5 nitrogen and oxygen atoms in total. The van der Waals surface area contributed by atoms with E-state index >= 15 is 0 Å². The average molecular weight is 251 g/mol. The van der Waals surface area contributed by atoms with Crippen LogP contribution in [0.25, 0.3) is 11.3 Å². The molecule has 0 atom stereocenters. The van der Waals surface area contributed by atoms with Gasteiger partial charge in [-0.05, 0) is 18.6 Å². The normalized spacial score (nSPS) is 10.8. The van der Waals surface area contributed by atoms with Crippen molar-refractivity contribution in [1.29, 1.82) is 0 Å². The van der Waals surface area contributed by atoms with Crippen LogP contribution in [0.5, 0.6) is 0 Å². The smallest absolute Gasteiger partial charge is 0.123 e. The van der Waals surface area contributed by atoms with Gasteiger partial charge in [0.2, 0.25) is 0 Å². The summed E-state index contributed by atoms with van der Waals surface area (Å²) in [5.74, 6) is -0.355. The quantitative estimate of drug-likeness (QED) is 0.830. The van der Waals surface area contributed by atoms with Gasteiger partial charge in [-0.1, -0.05) is 17.3 Å². The van der Waals surface area contributed by atoms with E-state index in [1.165, 1.54) is 12.1 Å². The molecule has 2 aromatic rings. The molecule has 2 rings (SSSR count). The molecule has 0 bridgehead atoms. The molecule has 18 heavy (non-hydrogen) atoms. The maximum Gasteiger partial charge on any atom is 0.123 e. The van der Waals surface area contributed by atoms with E-state index < -0.39 is 0 Å². The van der Waals surface area contributed by atoms with Crippen LogP contribution in [0.15, 0.2) is 24.3 Å². The topological polar surface area (TPSA) is 71.2 Å². The zero-order valence-corrected chi connectivity index (χ0v) is 9.75. The largest absolute Gasteiger partial charge is 0.396 e. The number of halogens is 1. The lowest BCUT2D eigenvalue weighted by atomic mass is 10.1. The van der Waals surface area contributed by atoms with Crippen molar-refractivity contribution in [2.24, 2.45) is 0 Å². The van der Waals surface area contributed by atoms with E-state index in [1.54, 1.807) is 16.8 Å². The second kappa shape index (κ2) is 5.70. The third-order valence-corrected chi connectivity index (χ3v) is 2.58. The highest BCUT2D eigenvalue weighted by atomic mass is 19.1. The highest BCUT2D eigenvalue weighted by Gasteiger charge is 2.14. The summed E-state index contributed by atoms with van der Waals surface area (Å²) in [4.78, 5) is 0. The van der Waals surface area contributed by atoms with Crippen molar-refractivity contribution >= 4 is 0 Å². The molecule has 1 heterocycles. The van der Waals surface area contributed by atoms with E-state index in [1.807, 2.05) is 0 Å². The molecule has 1 aromatic carbocycles. The Morgan fingerprint density at radius 2 is 2.11 bits per heavy atom. The minimum Gasteiger partial charge on any atom is -0.396 e. The number of aliphatic hydroxyl groups is 2. The molecule has 1 aromatic heterocycles. The molecule has 2 N–H and O–H groups in total. The predicted octanol–water partition coefficient (Wildman–Crippen LogP) is 0.959. The number of rotatable bonds is 5. The third kappa shape index (κ3) is 2.55. The number of hydrogen-bond acceptors (Lipinski definition) is 4. The Labute approximate surface area is 103 Å². The third-order valence-electron chi connectivity index (χ3n) is 2.58. The Balaban J connectivity index is 2.43. The fourth-order valence-electron chi connectivity index (χ4n) is 1.78. The van der Waals surface area contributed by atoms with Gasteiger partial charge in [-0.25, -0.2) is 9.07 Å². The molecule has 0 saturated carbocycles. The van der Waals surface area contributed by atoms with Gasteiger partial charge in [-0.3, -0.25) is 0 Å². The zero-order chi connectivity index (χ0) is 13.0. The van der Waals surface area contributed by atoms with Crippen LogP contribution in [0.3, 0.4) is 0 Å². The summed E-state index contributed by atoms with van der Waals surface area (Å²) in [5.41, 5.74) is 1.60. The van der Waals surface area contributed by atoms with E-state index in [4.69, 9.17) is 5.11 Å². The first kappa shape index (κ1) is 12.7. The first-order valence-corrected chi connectivity index (χ1v) is 5.66. The molecule has 96 valence electrons. The van der Waals surface area contributed by atoms with E-state index in [2.05, 4.69) is 10.3 Å². The predicted molar refractivity (Wildman–Crippen MR) is 63.0 cm³/mol. The van der Waals surface area contributed by atoms with Gasteiger partial charge in [0, 0.05) is 18.7 Å². The number of benzene rings is 1. The lowest BCUT2D eigenvalue weighted by Gasteiger charge is -2.07. The molecular weight excluding hydrogens is 237 g/mol. The maximum absolute atomic E-state index is 13.2. The molecule has 0 aliphatic heterocycles. The Morgan fingerprint density at radius 1 is 1.28 bits per heavy atom. The highest BCUT2D eigenvalue weighted by molar-refractivity contribution is 5.61. The summed E-state index contributed by atoms with van der Waals surface area (Å²) in [6, 6.07) is 6.04. The molecule has 0 amide bonds. The number of aryl methyl sites for hydroxylation is 1. The molecule has 0 fully saturated rings. The molecular formula is C12H14FN3O2. The minimum absolute atomic E-state index is 0.0386. The summed E-state index contributed by atoms with van der Waals surface area (Å²) in [6.45, 7) is 0.247. The van der Waals surface area contributed by atoms with Gasteiger partial charge >= 0.3 is 0 Å². The van der Waals surface area contributed by atoms with Crippen LogP contribution < -0.4 is 0 Å². The maximum atomic E-state index is 13.2. The van der Waals surface area contributed by atoms with Crippen LogP contribution in [0, 0.1) is 5.82 Å². The standard InChI is InChI=1S/C12H14FN3O2/c13-10-4-1-3-9(7-10)12-11(8-18)14-15-16(12)5-2-6-17/h1,3-4,7,17-18H,2,5-6,8H2. The Hall–Kier alpha value is -1.79.